The van der Waals surface area contributed by atoms with Gasteiger partial charge < -0.3 is 54.5 Å². The molecule has 4 aromatic carbocycles. The number of methoxy groups -OCH3 is 3. The molecule has 5 aliphatic rings. The third-order valence-electron chi connectivity index (χ3n) is 14.9. The number of carboxylic acid groups (broad SMARTS) is 1. The second-order valence-electron chi connectivity index (χ2n) is 21.0. The molecule has 0 unspecified atom stereocenters. The van der Waals surface area contributed by atoms with Gasteiger partial charge in [-0.2, -0.15) is 0 Å². The number of imide groups is 1. The van der Waals surface area contributed by atoms with Crippen LogP contribution < -0.4 is 39.6 Å². The van der Waals surface area contributed by atoms with E-state index in [1.807, 2.05) is 30.5 Å². The smallest absolute Gasteiger partial charge is 0.303 e. The highest BCUT2D eigenvalue weighted by atomic mass is 16.5. The Morgan fingerprint density at radius 3 is 1.67 bits per heavy atom. The number of anilines is 1. The molecule has 0 aromatic heterocycles. The summed E-state index contributed by atoms with van der Waals surface area (Å²) < 4.78 is 29.0. The highest BCUT2D eigenvalue weighted by Gasteiger charge is 2.36. The summed E-state index contributed by atoms with van der Waals surface area (Å²) in [5, 5.41) is 17.6. The Labute approximate surface area is 485 Å². The van der Waals surface area contributed by atoms with E-state index in [-0.39, 0.29) is 68.2 Å². The van der Waals surface area contributed by atoms with Gasteiger partial charge >= 0.3 is 5.97 Å². The molecule has 0 aliphatic carbocycles. The molecule has 5 heterocycles. The van der Waals surface area contributed by atoms with Gasteiger partial charge in [-0.25, -0.2) is 0 Å². The first-order valence-electron chi connectivity index (χ1n) is 27.8. The molecular weight excluding hydrogens is 1080 g/mol. The van der Waals surface area contributed by atoms with E-state index in [2.05, 4.69) is 16.0 Å². The van der Waals surface area contributed by atoms with Crippen molar-refractivity contribution in [1.29, 1.82) is 0 Å². The minimum atomic E-state index is -1.25. The average Bonchev–Trinajstić information content (AvgIpc) is 2.43. The number of aliphatic carboxylic acids is 1. The van der Waals surface area contributed by atoms with Crippen molar-refractivity contribution < 1.29 is 67.1 Å². The van der Waals surface area contributed by atoms with Crippen molar-refractivity contribution in [2.24, 2.45) is 15.9 Å². The fourth-order valence-electron chi connectivity index (χ4n) is 10.3. The first kappa shape index (κ1) is 59.0. The standard InChI is InChI=1S/C62H66N8O14/c1-36(2)58(67-54(71)10-7-6-8-23-68-55(72)20-21-56(68)73)60(77)66-47(19-22-57(74)75)59(76)65-41-15-11-37(12-16-41)39-26-42-32-63-48-30-52(50(81-4)28-45(48)61(78)69(42)34-39)83-24-9-25-84-53-31-49-46(29-51(53)82-5)62(79)70-35-40(27-43(70)33-64-49)38-13-17-44(80-3)18-14-38/h11-18,20-21,28-36,42-43,47,58H,6-10,19,22-27H2,1-5H3,(H,65,76)(H,66,77)(H,67,71)(H,74,75)/t42-,43-,47-,58-/m0/s1. The number of rotatable bonds is 26. The Hall–Kier alpha value is -9.60. The average molecular weight is 1150 g/mol. The number of hydrogen-bond acceptors (Lipinski definition) is 15. The molecule has 0 spiro atoms. The van der Waals surface area contributed by atoms with E-state index in [1.54, 1.807) is 97.9 Å². The Morgan fingerprint density at radius 2 is 1.17 bits per heavy atom. The largest absolute Gasteiger partial charge is 0.497 e. The first-order chi connectivity index (χ1) is 40.5. The Balaban J connectivity index is 0.764. The third-order valence-corrected chi connectivity index (χ3v) is 14.9. The Kier molecular flexibility index (Phi) is 18.7. The lowest BCUT2D eigenvalue weighted by Crippen LogP contribution is -2.54. The topological polar surface area (TPSA) is 273 Å². The number of fused-ring (bicyclic) bond motifs is 4. The Morgan fingerprint density at radius 1 is 0.631 bits per heavy atom. The van der Waals surface area contributed by atoms with Gasteiger partial charge in [0.2, 0.25) is 17.7 Å². The van der Waals surface area contributed by atoms with Gasteiger partial charge in [0.25, 0.3) is 23.6 Å². The molecule has 7 amide bonds. The number of ether oxygens (including phenoxy) is 5. The highest BCUT2D eigenvalue weighted by Crippen LogP contribution is 2.42. The van der Waals surface area contributed by atoms with Crippen molar-refractivity contribution in [2.45, 2.75) is 95.8 Å². The molecule has 4 aromatic rings. The first-order valence-corrected chi connectivity index (χ1v) is 27.8. The second-order valence-corrected chi connectivity index (χ2v) is 21.0. The van der Waals surface area contributed by atoms with Gasteiger partial charge in [-0.15, -0.1) is 0 Å². The van der Waals surface area contributed by atoms with E-state index in [1.165, 1.54) is 26.4 Å². The van der Waals surface area contributed by atoms with Gasteiger partial charge in [-0.3, -0.25) is 53.2 Å². The van der Waals surface area contributed by atoms with Crippen molar-refractivity contribution in [2.75, 3.05) is 46.4 Å². The zero-order valence-corrected chi connectivity index (χ0v) is 47.3. The summed E-state index contributed by atoms with van der Waals surface area (Å²) in [4.78, 5) is 117. The summed E-state index contributed by atoms with van der Waals surface area (Å²) in [5.74, 6) is -2.20. The molecular formula is C62H66N8O14. The summed E-state index contributed by atoms with van der Waals surface area (Å²) >= 11 is 0. The number of nitrogens with zero attached hydrogens (tertiary/aromatic N) is 5. The molecule has 0 bridgehead atoms. The third kappa shape index (κ3) is 13.7. The summed E-state index contributed by atoms with van der Waals surface area (Å²) in [6.45, 7) is 4.16. The molecule has 4 atom stereocenters. The SMILES string of the molecule is COc1ccc(C2=CN3C(=O)c4cc(OC)c(OCCCOc5cc6c(cc5OC)C(=O)N5C=C(c7ccc(NC(=O)[C@H](CCC(=O)O)NC(=O)[C@@H](NC(=O)CCCCCN8C(=O)C=CC8=O)C(C)C)cc7)C[C@H]5C=N6)cc4N=C[C@@H]3C2)cc1. The van der Waals surface area contributed by atoms with E-state index in [0.717, 1.165) is 32.9 Å². The van der Waals surface area contributed by atoms with Crippen molar-refractivity contribution in [1.82, 2.24) is 25.3 Å². The van der Waals surface area contributed by atoms with Gasteiger partial charge in [0.1, 0.15) is 17.8 Å². The van der Waals surface area contributed by atoms with Crippen molar-refractivity contribution in [3.05, 3.63) is 120 Å². The van der Waals surface area contributed by atoms with Crippen LogP contribution in [0, 0.1) is 5.92 Å². The number of carboxylic acids is 1. The van der Waals surface area contributed by atoms with Gasteiger partial charge in [0.15, 0.2) is 23.0 Å². The lowest BCUT2D eigenvalue weighted by molar-refractivity contribution is -0.138. The van der Waals surface area contributed by atoms with Crippen LogP contribution in [0.3, 0.4) is 0 Å². The predicted octanol–water partition coefficient (Wildman–Crippen LogP) is 7.42. The zero-order valence-electron chi connectivity index (χ0n) is 47.3. The van der Waals surface area contributed by atoms with Crippen LogP contribution in [0.4, 0.5) is 17.1 Å². The normalized spacial score (nSPS) is 17.3. The van der Waals surface area contributed by atoms with Crippen molar-refractivity contribution >= 4 is 88.0 Å². The number of aliphatic imine (C=N–C) groups is 2. The summed E-state index contributed by atoms with van der Waals surface area (Å²) in [7, 11) is 4.62. The van der Waals surface area contributed by atoms with Crippen molar-refractivity contribution in [3.63, 3.8) is 0 Å². The van der Waals surface area contributed by atoms with Gasteiger partial charge in [0, 0.05) is 93.5 Å². The Bertz CT molecular complexity index is 3370. The van der Waals surface area contributed by atoms with Crippen LogP contribution in [0.5, 0.6) is 28.7 Å². The zero-order chi connectivity index (χ0) is 59.6. The van der Waals surface area contributed by atoms with Crippen LogP contribution in [0.1, 0.15) is 103 Å². The van der Waals surface area contributed by atoms with Gasteiger partial charge in [0.05, 0.1) is 69.1 Å². The number of amides is 7. The number of benzene rings is 4. The van der Waals surface area contributed by atoms with Crippen LogP contribution in [0.2, 0.25) is 0 Å². The molecule has 4 N–H and O–H groups in total. The van der Waals surface area contributed by atoms with Gasteiger partial charge in [-0.1, -0.05) is 44.5 Å². The maximum Gasteiger partial charge on any atom is 0.303 e. The van der Waals surface area contributed by atoms with E-state index in [0.29, 0.717) is 89.7 Å². The molecule has 0 fully saturated rings. The van der Waals surface area contributed by atoms with Crippen LogP contribution in [0.15, 0.2) is 107 Å². The van der Waals surface area contributed by atoms with Gasteiger partial charge in [-0.05, 0) is 83.9 Å². The molecule has 9 rings (SSSR count). The lowest BCUT2D eigenvalue weighted by atomic mass is 10.0. The maximum atomic E-state index is 14.2. The monoisotopic (exact) mass is 1150 g/mol. The fraction of sp³-hybridized carbons (Fsp3) is 0.355. The number of unbranched alkanes of at least 4 members (excludes halogenated alkanes) is 2. The van der Waals surface area contributed by atoms with Crippen LogP contribution in [0.25, 0.3) is 11.1 Å². The molecule has 22 nitrogen and oxygen atoms in total. The predicted molar refractivity (Wildman–Crippen MR) is 311 cm³/mol. The number of carbonyl (C=O) groups excluding carboxylic acids is 7. The number of hydrogen-bond donors (Lipinski definition) is 4. The minimum absolute atomic E-state index is 0.0860. The fourth-order valence-corrected chi connectivity index (χ4v) is 10.3. The maximum absolute atomic E-state index is 14.2. The number of carbonyl (C=O) groups is 8. The van der Waals surface area contributed by atoms with Crippen LogP contribution in [-0.2, 0) is 28.8 Å². The van der Waals surface area contributed by atoms with E-state index in [4.69, 9.17) is 33.7 Å². The van der Waals surface area contributed by atoms with E-state index in [9.17, 15) is 43.5 Å². The molecule has 22 heteroatoms. The molecule has 5 aliphatic heterocycles. The van der Waals surface area contributed by atoms with Crippen LogP contribution in [-0.4, -0.2) is 145 Å². The lowest BCUT2D eigenvalue weighted by Gasteiger charge is -2.25. The van der Waals surface area contributed by atoms with Crippen molar-refractivity contribution in [3.8, 4) is 28.7 Å². The number of nitrogens with one attached hydrogen (secondary N) is 3. The molecule has 0 saturated heterocycles. The summed E-state index contributed by atoms with van der Waals surface area (Å²) in [5.41, 5.74) is 5.58. The highest BCUT2D eigenvalue weighted by molar-refractivity contribution is 6.13. The quantitative estimate of drug-likeness (QED) is 0.0352. The molecule has 438 valence electrons. The minimum Gasteiger partial charge on any atom is -0.497 e. The molecule has 84 heavy (non-hydrogen) atoms. The second kappa shape index (κ2) is 26.5. The molecule has 0 radical (unpaired) electrons. The van der Waals surface area contributed by atoms with E-state index < -0.39 is 48.2 Å². The molecule has 0 saturated carbocycles. The van der Waals surface area contributed by atoms with E-state index >= 15 is 0 Å². The summed E-state index contributed by atoms with van der Waals surface area (Å²) in [6, 6.07) is 18.3. The van der Waals surface area contributed by atoms with Crippen LogP contribution >= 0.6 is 0 Å². The summed E-state index contributed by atoms with van der Waals surface area (Å²) in [6.07, 6.45) is 12.0.